The minimum atomic E-state index is 0.448. The van der Waals surface area contributed by atoms with Crippen LogP contribution in [0.25, 0.3) is 0 Å². The van der Waals surface area contributed by atoms with E-state index in [2.05, 4.69) is 78.7 Å². The molecule has 1 saturated carbocycles. The summed E-state index contributed by atoms with van der Waals surface area (Å²) >= 11 is 2.06. The number of hydrogen-bond acceptors (Lipinski definition) is 3. The Morgan fingerprint density at radius 3 is 2.38 bits per heavy atom. The third-order valence-electron chi connectivity index (χ3n) is 4.33. The number of benzene rings is 2. The van der Waals surface area contributed by atoms with Crippen LogP contribution < -0.4 is 10.6 Å². The molecular weight excluding hydrogens is 312 g/mol. The van der Waals surface area contributed by atoms with Crippen LogP contribution in [0, 0.1) is 0 Å². The minimum Gasteiger partial charge on any atom is -0.382 e. The van der Waals surface area contributed by atoms with Crippen LogP contribution in [-0.2, 0) is 0 Å². The first-order valence-corrected chi connectivity index (χ1v) is 9.98. The predicted octanol–water partition coefficient (Wildman–Crippen LogP) is 6.68. The van der Waals surface area contributed by atoms with E-state index in [0.29, 0.717) is 6.04 Å². The highest BCUT2D eigenvalue weighted by atomic mass is 32.2. The van der Waals surface area contributed by atoms with Crippen molar-refractivity contribution >= 4 is 28.8 Å². The van der Waals surface area contributed by atoms with Crippen LogP contribution in [-0.4, -0.2) is 11.3 Å². The van der Waals surface area contributed by atoms with Crippen LogP contribution in [0.3, 0.4) is 0 Å². The number of anilines is 3. The van der Waals surface area contributed by atoms with Gasteiger partial charge in [-0.15, -0.1) is 11.8 Å². The minimum absolute atomic E-state index is 0.448. The third kappa shape index (κ3) is 4.94. The Morgan fingerprint density at radius 1 is 0.917 bits per heavy atom. The molecule has 128 valence electrons. The van der Waals surface area contributed by atoms with Crippen LogP contribution in [0.2, 0.25) is 0 Å². The van der Waals surface area contributed by atoms with Gasteiger partial charge in [0.05, 0.1) is 0 Å². The molecule has 0 saturated heterocycles. The number of para-hydroxylation sites is 1. The van der Waals surface area contributed by atoms with E-state index in [1.165, 1.54) is 42.7 Å². The van der Waals surface area contributed by atoms with E-state index in [1.807, 2.05) is 6.07 Å². The van der Waals surface area contributed by atoms with Gasteiger partial charge in [-0.25, -0.2) is 0 Å². The molecule has 0 bridgehead atoms. The molecule has 1 aliphatic carbocycles. The predicted molar refractivity (Wildman–Crippen MR) is 108 cm³/mol. The molecule has 0 amide bonds. The summed E-state index contributed by atoms with van der Waals surface area (Å²) in [7, 11) is 0. The fourth-order valence-electron chi connectivity index (χ4n) is 3.18. The Morgan fingerprint density at radius 2 is 1.67 bits per heavy atom. The first-order valence-electron chi connectivity index (χ1n) is 9.10. The second-order valence-electron chi connectivity index (χ2n) is 6.88. The van der Waals surface area contributed by atoms with Gasteiger partial charge < -0.3 is 10.6 Å². The zero-order valence-corrected chi connectivity index (χ0v) is 15.5. The fraction of sp³-hybridized carbons (Fsp3) is 0.429. The van der Waals surface area contributed by atoms with E-state index in [-0.39, 0.29) is 0 Å². The van der Waals surface area contributed by atoms with Gasteiger partial charge in [0, 0.05) is 33.2 Å². The quantitative estimate of drug-likeness (QED) is 0.613. The van der Waals surface area contributed by atoms with Crippen molar-refractivity contribution in [1.82, 2.24) is 0 Å². The van der Waals surface area contributed by atoms with Gasteiger partial charge in [0.15, 0.2) is 0 Å². The van der Waals surface area contributed by atoms with Gasteiger partial charge in [-0.1, -0.05) is 37.5 Å². The fourth-order valence-corrected chi connectivity index (χ4v) is 4.56. The smallest absolute Gasteiger partial charge is 0.0481 e. The van der Waals surface area contributed by atoms with Crippen molar-refractivity contribution < 1.29 is 0 Å². The number of thioether (sulfide) groups is 1. The average molecular weight is 341 g/mol. The standard InChI is InChI=1S/C21H28N2S/c1-16(2)22-20-14-13-18(23-17-9-5-3-6-10-17)15-21(20)24-19-11-7-4-8-12-19/h3,5-6,9-10,13-16,19,22-23H,4,7-8,11-12H2,1-2H3. The summed E-state index contributed by atoms with van der Waals surface area (Å²) in [5.41, 5.74) is 3.56. The molecule has 3 heteroatoms. The maximum atomic E-state index is 3.61. The van der Waals surface area contributed by atoms with Crippen molar-refractivity contribution in [2.24, 2.45) is 0 Å². The average Bonchev–Trinajstić information content (AvgIpc) is 2.59. The molecule has 2 N–H and O–H groups in total. The zero-order valence-electron chi connectivity index (χ0n) is 14.7. The highest BCUT2D eigenvalue weighted by molar-refractivity contribution is 8.00. The highest BCUT2D eigenvalue weighted by Gasteiger charge is 2.17. The number of nitrogens with one attached hydrogen (secondary N) is 2. The largest absolute Gasteiger partial charge is 0.382 e. The Bertz CT molecular complexity index is 634. The molecule has 0 spiro atoms. The van der Waals surface area contributed by atoms with E-state index in [9.17, 15) is 0 Å². The molecule has 0 heterocycles. The molecule has 1 fully saturated rings. The Balaban J connectivity index is 1.79. The van der Waals surface area contributed by atoms with Gasteiger partial charge >= 0.3 is 0 Å². The summed E-state index contributed by atoms with van der Waals surface area (Å²) in [6.45, 7) is 4.40. The second-order valence-corrected chi connectivity index (χ2v) is 8.22. The lowest BCUT2D eigenvalue weighted by Crippen LogP contribution is -2.12. The summed E-state index contributed by atoms with van der Waals surface area (Å²) in [4.78, 5) is 1.37. The van der Waals surface area contributed by atoms with Crippen LogP contribution in [0.4, 0.5) is 17.1 Å². The van der Waals surface area contributed by atoms with Gasteiger partial charge in [-0.3, -0.25) is 0 Å². The van der Waals surface area contributed by atoms with E-state index in [0.717, 1.165) is 16.6 Å². The van der Waals surface area contributed by atoms with Crippen molar-refractivity contribution in [3.8, 4) is 0 Å². The zero-order chi connectivity index (χ0) is 16.8. The van der Waals surface area contributed by atoms with Crippen LogP contribution in [0.5, 0.6) is 0 Å². The summed E-state index contributed by atoms with van der Waals surface area (Å²) in [5.74, 6) is 0. The molecule has 0 unspecified atom stereocenters. The summed E-state index contributed by atoms with van der Waals surface area (Å²) in [6.07, 6.45) is 6.87. The van der Waals surface area contributed by atoms with E-state index < -0.39 is 0 Å². The van der Waals surface area contributed by atoms with E-state index >= 15 is 0 Å². The molecule has 2 aromatic rings. The molecule has 3 rings (SSSR count). The van der Waals surface area contributed by atoms with Gasteiger partial charge in [0.2, 0.25) is 0 Å². The van der Waals surface area contributed by atoms with Crippen molar-refractivity contribution in [3.05, 3.63) is 48.5 Å². The monoisotopic (exact) mass is 340 g/mol. The molecule has 0 aromatic heterocycles. The van der Waals surface area contributed by atoms with Crippen molar-refractivity contribution in [2.75, 3.05) is 10.6 Å². The lowest BCUT2D eigenvalue weighted by Gasteiger charge is -2.23. The topological polar surface area (TPSA) is 24.1 Å². The first-order chi connectivity index (χ1) is 11.7. The van der Waals surface area contributed by atoms with Crippen molar-refractivity contribution in [1.29, 1.82) is 0 Å². The maximum Gasteiger partial charge on any atom is 0.0481 e. The molecule has 24 heavy (non-hydrogen) atoms. The summed E-state index contributed by atoms with van der Waals surface area (Å²) in [6, 6.07) is 17.5. The van der Waals surface area contributed by atoms with Crippen molar-refractivity contribution in [3.63, 3.8) is 0 Å². The normalized spacial score (nSPS) is 15.5. The SMILES string of the molecule is CC(C)Nc1ccc(Nc2ccccc2)cc1SC1CCCCC1. The van der Waals surface area contributed by atoms with Crippen LogP contribution in [0.1, 0.15) is 46.0 Å². The van der Waals surface area contributed by atoms with Gasteiger partial charge in [0.1, 0.15) is 0 Å². The van der Waals surface area contributed by atoms with Crippen molar-refractivity contribution in [2.45, 2.75) is 62.1 Å². The molecule has 0 aliphatic heterocycles. The Hall–Kier alpha value is -1.61. The third-order valence-corrected chi connectivity index (χ3v) is 5.73. The first kappa shape index (κ1) is 17.2. The lowest BCUT2D eigenvalue weighted by atomic mass is 10.0. The molecule has 2 aromatic carbocycles. The summed E-state index contributed by atoms with van der Waals surface area (Å²) < 4.78 is 0. The van der Waals surface area contributed by atoms with Gasteiger partial charge in [0.25, 0.3) is 0 Å². The van der Waals surface area contributed by atoms with Gasteiger partial charge in [-0.05, 0) is 57.0 Å². The van der Waals surface area contributed by atoms with Crippen LogP contribution in [0.15, 0.2) is 53.4 Å². The highest BCUT2D eigenvalue weighted by Crippen LogP contribution is 2.39. The molecule has 1 aliphatic rings. The molecule has 0 radical (unpaired) electrons. The number of rotatable bonds is 6. The lowest BCUT2D eigenvalue weighted by molar-refractivity contribution is 0.516. The molecule has 0 atom stereocenters. The van der Waals surface area contributed by atoms with E-state index in [4.69, 9.17) is 0 Å². The molecular formula is C21H28N2S. The number of hydrogen-bond donors (Lipinski definition) is 2. The molecule has 2 nitrogen and oxygen atoms in total. The second kappa shape index (κ2) is 8.48. The maximum absolute atomic E-state index is 3.61. The van der Waals surface area contributed by atoms with Gasteiger partial charge in [-0.2, -0.15) is 0 Å². The van der Waals surface area contributed by atoms with Crippen LogP contribution >= 0.6 is 11.8 Å². The Labute approximate surface area is 150 Å². The van der Waals surface area contributed by atoms with E-state index in [1.54, 1.807) is 0 Å². The summed E-state index contributed by atoms with van der Waals surface area (Å²) in [5, 5.41) is 7.89. The Kier molecular flexibility index (Phi) is 6.08.